The van der Waals surface area contributed by atoms with Gasteiger partial charge >= 0.3 is 0 Å². The van der Waals surface area contributed by atoms with Crippen molar-refractivity contribution in [2.24, 2.45) is 4.99 Å². The second kappa shape index (κ2) is 6.77. The molecule has 1 amide bonds. The lowest BCUT2D eigenvalue weighted by molar-refractivity contribution is -0.121. The van der Waals surface area contributed by atoms with E-state index < -0.39 is 0 Å². The van der Waals surface area contributed by atoms with Crippen molar-refractivity contribution in [3.05, 3.63) is 70.3 Å². The standard InChI is InChI=1S/C17H14N2OS2/c1-2-10-19-16(20)15(12-14-9-6-11-21-14)22-17(19)18-13-7-4-3-5-8-13/h2-9,11-12H,1,10H2/b15-12+,18-17?. The van der Waals surface area contributed by atoms with E-state index in [9.17, 15) is 4.79 Å². The highest BCUT2D eigenvalue weighted by molar-refractivity contribution is 8.18. The molecule has 0 atom stereocenters. The molecular formula is C17H14N2OS2. The van der Waals surface area contributed by atoms with Crippen LogP contribution in [0.1, 0.15) is 4.88 Å². The molecule has 1 saturated heterocycles. The van der Waals surface area contributed by atoms with Gasteiger partial charge in [0.05, 0.1) is 10.6 Å². The van der Waals surface area contributed by atoms with Crippen molar-refractivity contribution in [2.45, 2.75) is 0 Å². The van der Waals surface area contributed by atoms with Gasteiger partial charge in [-0.05, 0) is 41.4 Å². The van der Waals surface area contributed by atoms with Crippen LogP contribution in [0.25, 0.3) is 6.08 Å². The van der Waals surface area contributed by atoms with Gasteiger partial charge in [-0.25, -0.2) is 4.99 Å². The number of carbonyl (C=O) groups excluding carboxylic acids is 1. The molecule has 0 aliphatic carbocycles. The summed E-state index contributed by atoms with van der Waals surface area (Å²) in [6.07, 6.45) is 3.63. The minimum Gasteiger partial charge on any atom is -0.283 e. The first-order valence-corrected chi connectivity index (χ1v) is 8.47. The Morgan fingerprint density at radius 2 is 2.00 bits per heavy atom. The molecule has 1 aromatic heterocycles. The lowest BCUT2D eigenvalue weighted by Gasteiger charge is -2.12. The van der Waals surface area contributed by atoms with Gasteiger partial charge in [0.1, 0.15) is 0 Å². The predicted molar refractivity (Wildman–Crippen MR) is 95.3 cm³/mol. The van der Waals surface area contributed by atoms with Crippen molar-refractivity contribution in [3.63, 3.8) is 0 Å². The van der Waals surface area contributed by atoms with Crippen LogP contribution in [0.15, 0.2) is 70.4 Å². The van der Waals surface area contributed by atoms with Crippen LogP contribution in [-0.4, -0.2) is 22.5 Å². The Hall–Kier alpha value is -2.11. The van der Waals surface area contributed by atoms with E-state index in [1.807, 2.05) is 53.9 Å². The third-order valence-electron chi connectivity index (χ3n) is 3.00. The fourth-order valence-corrected chi connectivity index (χ4v) is 3.73. The second-order valence-corrected chi connectivity index (χ2v) is 6.55. The number of carbonyl (C=O) groups is 1. The van der Waals surface area contributed by atoms with E-state index in [4.69, 9.17) is 0 Å². The highest BCUT2D eigenvalue weighted by Crippen LogP contribution is 2.34. The predicted octanol–water partition coefficient (Wildman–Crippen LogP) is 4.54. The molecular weight excluding hydrogens is 312 g/mol. The first-order valence-electron chi connectivity index (χ1n) is 6.77. The smallest absolute Gasteiger partial charge is 0.267 e. The topological polar surface area (TPSA) is 32.7 Å². The Labute approximate surface area is 137 Å². The average Bonchev–Trinajstić information content (AvgIpc) is 3.13. The van der Waals surface area contributed by atoms with Gasteiger partial charge < -0.3 is 0 Å². The van der Waals surface area contributed by atoms with Crippen molar-refractivity contribution in [1.29, 1.82) is 0 Å². The molecule has 110 valence electrons. The number of thiophene rings is 1. The Balaban J connectivity index is 1.94. The normalized spacial score (nSPS) is 18.4. The van der Waals surface area contributed by atoms with E-state index >= 15 is 0 Å². The summed E-state index contributed by atoms with van der Waals surface area (Å²) in [6.45, 7) is 4.18. The van der Waals surface area contributed by atoms with Crippen LogP contribution >= 0.6 is 23.1 Å². The van der Waals surface area contributed by atoms with Crippen molar-refractivity contribution < 1.29 is 4.79 Å². The molecule has 2 heterocycles. The summed E-state index contributed by atoms with van der Waals surface area (Å²) in [6, 6.07) is 13.6. The van der Waals surface area contributed by atoms with Crippen molar-refractivity contribution in [3.8, 4) is 0 Å². The highest BCUT2D eigenvalue weighted by atomic mass is 32.2. The zero-order valence-corrected chi connectivity index (χ0v) is 13.4. The van der Waals surface area contributed by atoms with Crippen LogP contribution in [0.5, 0.6) is 0 Å². The Bertz CT molecular complexity index is 733. The molecule has 0 bridgehead atoms. The number of nitrogens with zero attached hydrogens (tertiary/aromatic N) is 2. The number of para-hydroxylation sites is 1. The van der Waals surface area contributed by atoms with E-state index in [-0.39, 0.29) is 5.91 Å². The number of hydrogen-bond donors (Lipinski definition) is 0. The van der Waals surface area contributed by atoms with E-state index in [2.05, 4.69) is 11.6 Å². The monoisotopic (exact) mass is 326 g/mol. The van der Waals surface area contributed by atoms with Gasteiger partial charge in [0, 0.05) is 11.4 Å². The number of rotatable bonds is 4. The van der Waals surface area contributed by atoms with Crippen molar-refractivity contribution in [2.75, 3.05) is 6.54 Å². The van der Waals surface area contributed by atoms with Gasteiger partial charge in [0.15, 0.2) is 5.17 Å². The molecule has 3 nitrogen and oxygen atoms in total. The van der Waals surface area contributed by atoms with Crippen LogP contribution in [0.4, 0.5) is 5.69 Å². The molecule has 3 rings (SSSR count). The zero-order valence-electron chi connectivity index (χ0n) is 11.8. The molecule has 1 aromatic carbocycles. The second-order valence-electron chi connectivity index (χ2n) is 4.56. The Morgan fingerprint density at radius 1 is 1.18 bits per heavy atom. The maximum Gasteiger partial charge on any atom is 0.267 e. The van der Waals surface area contributed by atoms with Gasteiger partial charge in [-0.1, -0.05) is 30.3 Å². The van der Waals surface area contributed by atoms with Crippen LogP contribution < -0.4 is 0 Å². The molecule has 1 aliphatic rings. The van der Waals surface area contributed by atoms with Gasteiger partial charge in [-0.15, -0.1) is 17.9 Å². The molecule has 0 radical (unpaired) electrons. The van der Waals surface area contributed by atoms with E-state index in [1.165, 1.54) is 11.8 Å². The summed E-state index contributed by atoms with van der Waals surface area (Å²) in [5, 5.41) is 2.69. The minimum atomic E-state index is -0.0204. The number of amidine groups is 1. The first-order chi connectivity index (χ1) is 10.8. The number of hydrogen-bond acceptors (Lipinski definition) is 4. The molecule has 5 heteroatoms. The fourth-order valence-electron chi connectivity index (χ4n) is 2.00. The Kier molecular flexibility index (Phi) is 4.56. The zero-order chi connectivity index (χ0) is 15.4. The number of benzene rings is 1. The number of thioether (sulfide) groups is 1. The number of aliphatic imine (C=N–C) groups is 1. The summed E-state index contributed by atoms with van der Waals surface area (Å²) in [4.78, 5) is 20.5. The van der Waals surface area contributed by atoms with Gasteiger partial charge in [0.2, 0.25) is 0 Å². The summed E-state index contributed by atoms with van der Waals surface area (Å²) >= 11 is 3.02. The lowest BCUT2D eigenvalue weighted by Crippen LogP contribution is -2.29. The molecule has 0 saturated carbocycles. The molecule has 22 heavy (non-hydrogen) atoms. The van der Waals surface area contributed by atoms with Crippen molar-refractivity contribution >= 4 is 45.9 Å². The molecule has 2 aromatic rings. The van der Waals surface area contributed by atoms with Gasteiger partial charge in [-0.2, -0.15) is 0 Å². The molecule has 1 aliphatic heterocycles. The highest BCUT2D eigenvalue weighted by Gasteiger charge is 2.32. The maximum atomic E-state index is 12.5. The SMILES string of the molecule is C=CCN1C(=O)/C(=C\c2cccs2)SC1=Nc1ccccc1. The first kappa shape index (κ1) is 14.8. The van der Waals surface area contributed by atoms with Crippen LogP contribution in [0.3, 0.4) is 0 Å². The summed E-state index contributed by atoms with van der Waals surface area (Å²) in [5.74, 6) is -0.0204. The van der Waals surface area contributed by atoms with E-state index in [1.54, 1.807) is 22.3 Å². The van der Waals surface area contributed by atoms with E-state index in [0.29, 0.717) is 16.6 Å². The summed E-state index contributed by atoms with van der Waals surface area (Å²) in [7, 11) is 0. The summed E-state index contributed by atoms with van der Waals surface area (Å²) in [5.41, 5.74) is 0.837. The summed E-state index contributed by atoms with van der Waals surface area (Å²) < 4.78 is 0. The number of amides is 1. The molecule has 0 N–H and O–H groups in total. The van der Waals surface area contributed by atoms with Crippen LogP contribution in [0, 0.1) is 0 Å². The van der Waals surface area contributed by atoms with Gasteiger partial charge in [0.25, 0.3) is 5.91 Å². The Morgan fingerprint density at radius 3 is 2.68 bits per heavy atom. The fraction of sp³-hybridized carbons (Fsp3) is 0.0588. The quantitative estimate of drug-likeness (QED) is 0.610. The maximum absolute atomic E-state index is 12.5. The largest absolute Gasteiger partial charge is 0.283 e. The average molecular weight is 326 g/mol. The lowest BCUT2D eigenvalue weighted by atomic mass is 10.3. The van der Waals surface area contributed by atoms with Crippen LogP contribution in [-0.2, 0) is 4.79 Å². The molecule has 0 spiro atoms. The molecule has 0 unspecified atom stereocenters. The van der Waals surface area contributed by atoms with E-state index in [0.717, 1.165) is 10.6 Å². The third kappa shape index (κ3) is 3.21. The third-order valence-corrected chi connectivity index (χ3v) is 4.82. The van der Waals surface area contributed by atoms with Gasteiger partial charge in [-0.3, -0.25) is 9.69 Å². The van der Waals surface area contributed by atoms with Crippen molar-refractivity contribution in [1.82, 2.24) is 4.90 Å². The van der Waals surface area contributed by atoms with Crippen LogP contribution in [0.2, 0.25) is 0 Å². The molecule has 1 fully saturated rings. The minimum absolute atomic E-state index is 0.0204.